The van der Waals surface area contributed by atoms with Crippen LogP contribution in [0.15, 0.2) is 48.6 Å². The van der Waals surface area contributed by atoms with Crippen molar-refractivity contribution in [2.24, 2.45) is 11.8 Å². The number of benzene rings is 2. The quantitative estimate of drug-likeness (QED) is 0.223. The summed E-state index contributed by atoms with van der Waals surface area (Å²) in [6, 6.07) is 8.45. The highest BCUT2D eigenvalue weighted by molar-refractivity contribution is 5.64. The largest absolute Gasteiger partial charge is 0.504 e. The molecule has 2 spiro atoms. The minimum Gasteiger partial charge on any atom is -0.504 e. The van der Waals surface area contributed by atoms with Crippen molar-refractivity contribution in [2.75, 3.05) is 27.2 Å². The van der Waals surface area contributed by atoms with E-state index in [4.69, 9.17) is 29.3 Å². The van der Waals surface area contributed by atoms with Gasteiger partial charge in [0.15, 0.2) is 23.0 Å². The second-order valence-electron chi connectivity index (χ2n) is 14.9. The van der Waals surface area contributed by atoms with Gasteiger partial charge in [-0.3, -0.25) is 9.59 Å². The molecule has 0 unspecified atom stereocenters. The summed E-state index contributed by atoms with van der Waals surface area (Å²) in [6.07, 6.45) is 10.4. The summed E-state index contributed by atoms with van der Waals surface area (Å²) < 4.78 is 12.2. The smallest absolute Gasteiger partial charge is 0.300 e. The number of aliphatic hydroxyl groups excluding tert-OH is 2. The molecule has 12 heteroatoms. The van der Waals surface area contributed by atoms with Crippen molar-refractivity contribution in [3.8, 4) is 23.0 Å². The average Bonchev–Trinajstić information content (AvgIpc) is 3.60. The first-order chi connectivity index (χ1) is 23.7. The van der Waals surface area contributed by atoms with Gasteiger partial charge in [-0.05, 0) is 76.1 Å². The molecule has 10 atom stereocenters. The van der Waals surface area contributed by atoms with E-state index in [9.17, 15) is 20.4 Å². The van der Waals surface area contributed by atoms with E-state index in [0.29, 0.717) is 35.4 Å². The third-order valence-corrected chi connectivity index (χ3v) is 12.3. The Morgan fingerprint density at radius 1 is 0.680 bits per heavy atom. The Balaban J connectivity index is 0.000000130. The van der Waals surface area contributed by atoms with Gasteiger partial charge in [0, 0.05) is 59.7 Å². The SMILES string of the molecule is CC(=O)O.CC(=O)O.CN1CC[C@]23c4c5ccc(O)c4O[C@H]2[C@@H](O)C=C[C@H]3[C@H]1C5.CN1CC[C@]23c4c5ccc(O)c4O[C@H]2[C@@H](O)C=C[C@H]3[C@H]1C5. The zero-order chi connectivity index (χ0) is 35.9. The van der Waals surface area contributed by atoms with E-state index >= 15 is 0 Å². The van der Waals surface area contributed by atoms with Crippen LogP contribution in [0.5, 0.6) is 23.0 Å². The number of aliphatic carboxylic acids is 2. The molecule has 8 aliphatic rings. The van der Waals surface area contributed by atoms with E-state index in [1.807, 2.05) is 24.3 Å². The molecule has 0 amide bonds. The van der Waals surface area contributed by atoms with Gasteiger partial charge in [-0.15, -0.1) is 0 Å². The van der Waals surface area contributed by atoms with Gasteiger partial charge in [-0.2, -0.15) is 0 Å². The molecule has 10 rings (SSSR count). The first kappa shape index (κ1) is 34.4. The summed E-state index contributed by atoms with van der Waals surface area (Å²) in [5.74, 6) is 0.712. The van der Waals surface area contributed by atoms with E-state index in [0.717, 1.165) is 52.6 Å². The van der Waals surface area contributed by atoms with Gasteiger partial charge in [-0.25, -0.2) is 0 Å². The fourth-order valence-electron chi connectivity index (χ4n) is 10.5. The highest BCUT2D eigenvalue weighted by Crippen LogP contribution is 2.63. The Morgan fingerprint density at radius 2 is 1.04 bits per heavy atom. The minimum absolute atomic E-state index is 0.160. The van der Waals surface area contributed by atoms with E-state index < -0.39 is 24.1 Å². The number of ether oxygens (including phenoxy) is 2. The summed E-state index contributed by atoms with van der Waals surface area (Å²) in [6.45, 7) is 4.19. The number of phenols is 2. The fraction of sp³-hybridized carbons (Fsp3) is 0.526. The standard InChI is InChI=1S/2C17H19NO3.2C2H4O2/c2*1-18-7-6-17-10-3-5-13(20)16(17)21-15-12(19)4-2-9(14(15)17)8-11(10)18;2*1-2(3)4/h2*2-5,10-11,13,16,19-20H,6-8H2,1H3;2*1H3,(H,3,4)/t2*10-,11+,13-,16-,17-;;/m00../s1. The lowest BCUT2D eigenvalue weighted by Gasteiger charge is -2.56. The molecular formula is C38H46N2O10. The number of piperidine rings is 2. The van der Waals surface area contributed by atoms with E-state index in [-0.39, 0.29) is 34.5 Å². The van der Waals surface area contributed by atoms with Crippen molar-refractivity contribution in [2.45, 2.75) is 86.9 Å². The van der Waals surface area contributed by atoms with Crippen LogP contribution in [0, 0.1) is 11.8 Å². The average molecular weight is 691 g/mol. The molecule has 0 radical (unpaired) electrons. The highest BCUT2D eigenvalue weighted by atomic mass is 16.5. The summed E-state index contributed by atoms with van der Waals surface area (Å²) in [7, 11) is 4.38. The molecular weight excluding hydrogens is 644 g/mol. The van der Waals surface area contributed by atoms with Crippen LogP contribution in [0.1, 0.15) is 48.9 Å². The van der Waals surface area contributed by atoms with Crippen LogP contribution in [0.25, 0.3) is 0 Å². The van der Waals surface area contributed by atoms with Crippen molar-refractivity contribution in [1.82, 2.24) is 9.80 Å². The van der Waals surface area contributed by atoms with Gasteiger partial charge < -0.3 is 49.9 Å². The maximum atomic E-state index is 10.4. The molecule has 4 aliphatic carbocycles. The predicted octanol–water partition coefficient (Wildman–Crippen LogP) is 2.58. The lowest BCUT2D eigenvalue weighted by Crippen LogP contribution is -2.64. The van der Waals surface area contributed by atoms with Crippen LogP contribution in [0.4, 0.5) is 0 Å². The second-order valence-corrected chi connectivity index (χ2v) is 14.9. The third kappa shape index (κ3) is 4.94. The van der Waals surface area contributed by atoms with E-state index in [1.54, 1.807) is 12.1 Å². The Bertz CT molecular complexity index is 1640. The molecule has 4 heterocycles. The summed E-state index contributed by atoms with van der Waals surface area (Å²) in [5, 5.41) is 56.1. The van der Waals surface area contributed by atoms with Gasteiger partial charge in [0.1, 0.15) is 24.4 Å². The van der Waals surface area contributed by atoms with Crippen molar-refractivity contribution in [1.29, 1.82) is 0 Å². The number of aromatic hydroxyl groups is 2. The molecule has 12 nitrogen and oxygen atoms in total. The first-order valence-electron chi connectivity index (χ1n) is 17.3. The second kappa shape index (κ2) is 12.3. The third-order valence-electron chi connectivity index (χ3n) is 12.3. The molecule has 6 N–H and O–H groups in total. The molecule has 2 aromatic rings. The molecule has 0 saturated carbocycles. The molecule has 2 saturated heterocycles. The lowest BCUT2D eigenvalue weighted by atomic mass is 9.53. The maximum Gasteiger partial charge on any atom is 0.300 e. The van der Waals surface area contributed by atoms with Crippen LogP contribution in [0.3, 0.4) is 0 Å². The number of hydrogen-bond acceptors (Lipinski definition) is 10. The van der Waals surface area contributed by atoms with Gasteiger partial charge in [0.2, 0.25) is 0 Å². The van der Waals surface area contributed by atoms with Crippen molar-refractivity contribution >= 4 is 11.9 Å². The van der Waals surface area contributed by atoms with E-state index in [2.05, 4.69) is 36.0 Å². The molecule has 0 aromatic heterocycles. The first-order valence-corrected chi connectivity index (χ1v) is 17.3. The molecule has 268 valence electrons. The number of carbonyl (C=O) groups is 2. The molecule has 2 aromatic carbocycles. The number of rotatable bonds is 0. The van der Waals surface area contributed by atoms with Gasteiger partial charge in [0.25, 0.3) is 11.9 Å². The van der Waals surface area contributed by atoms with Gasteiger partial charge in [-0.1, -0.05) is 36.4 Å². The van der Waals surface area contributed by atoms with Crippen molar-refractivity contribution in [3.63, 3.8) is 0 Å². The van der Waals surface area contributed by atoms with Crippen LogP contribution in [-0.2, 0) is 33.3 Å². The van der Waals surface area contributed by atoms with Gasteiger partial charge in [0.05, 0.1) is 0 Å². The van der Waals surface area contributed by atoms with Crippen LogP contribution in [0.2, 0.25) is 0 Å². The number of phenolic OH excluding ortho intramolecular Hbond substituents is 2. The zero-order valence-corrected chi connectivity index (χ0v) is 28.7. The molecule has 2 fully saturated rings. The number of likely N-dealkylation sites (tertiary alicyclic amines) is 2. The highest BCUT2D eigenvalue weighted by Gasteiger charge is 2.65. The van der Waals surface area contributed by atoms with Crippen molar-refractivity contribution in [3.05, 3.63) is 70.8 Å². The Morgan fingerprint density at radius 3 is 1.40 bits per heavy atom. The maximum absolute atomic E-state index is 10.4. The summed E-state index contributed by atoms with van der Waals surface area (Å²) in [4.78, 5) is 22.9. The van der Waals surface area contributed by atoms with Gasteiger partial charge >= 0.3 is 0 Å². The normalized spacial score (nSPS) is 36.8. The lowest BCUT2D eigenvalue weighted by molar-refractivity contribution is -0.135. The number of likely N-dealkylation sites (N-methyl/N-ethyl adjacent to an activating group) is 2. The molecule has 4 bridgehead atoms. The Kier molecular flexibility index (Phi) is 8.45. The fourth-order valence-corrected chi connectivity index (χ4v) is 10.5. The Labute approximate surface area is 290 Å². The number of nitrogens with zero attached hydrogens (tertiary/aromatic N) is 2. The molecule has 50 heavy (non-hydrogen) atoms. The van der Waals surface area contributed by atoms with E-state index in [1.165, 1.54) is 22.3 Å². The van der Waals surface area contributed by atoms with Crippen LogP contribution in [-0.4, -0.2) is 116 Å². The summed E-state index contributed by atoms with van der Waals surface area (Å²) in [5.41, 5.74) is 4.58. The zero-order valence-electron chi connectivity index (χ0n) is 28.7. The Hall–Kier alpha value is -4.10. The number of hydrogen-bond donors (Lipinski definition) is 6. The minimum atomic E-state index is -0.833. The summed E-state index contributed by atoms with van der Waals surface area (Å²) >= 11 is 0. The van der Waals surface area contributed by atoms with Crippen LogP contribution < -0.4 is 9.47 Å². The predicted molar refractivity (Wildman–Crippen MR) is 182 cm³/mol. The topological polar surface area (TPSA) is 180 Å². The van der Waals surface area contributed by atoms with Crippen LogP contribution >= 0.6 is 0 Å². The van der Waals surface area contributed by atoms with Crippen molar-refractivity contribution < 1.29 is 49.7 Å². The number of aliphatic hydroxyl groups is 2. The number of carboxylic acids is 2. The number of carboxylic acid groups (broad SMARTS) is 2. The molecule has 4 aliphatic heterocycles. The monoisotopic (exact) mass is 690 g/mol.